The minimum absolute atomic E-state index is 0.112. The van der Waals surface area contributed by atoms with E-state index in [1.807, 2.05) is 12.1 Å². The number of hydrogen-bond donors (Lipinski definition) is 2. The third-order valence-electron chi connectivity index (χ3n) is 2.83. The Hall–Kier alpha value is -2.69. The largest absolute Gasteiger partial charge is 0.497 e. The van der Waals surface area contributed by atoms with Gasteiger partial charge in [0.2, 0.25) is 5.91 Å². The lowest BCUT2D eigenvalue weighted by atomic mass is 10.3. The topological polar surface area (TPSA) is 73.6 Å². The number of amides is 1. The molecule has 5 nitrogen and oxygen atoms in total. The molecule has 110 valence electrons. The molecule has 2 aromatic carbocycles. The normalized spacial score (nSPS) is 9.95. The molecular formula is C16H18N2O3. The maximum atomic E-state index is 11.8. The Balaban J connectivity index is 1.78. The molecule has 0 aliphatic rings. The fourth-order valence-corrected chi connectivity index (χ4v) is 1.75. The van der Waals surface area contributed by atoms with Gasteiger partial charge in [-0.25, -0.2) is 0 Å². The van der Waals surface area contributed by atoms with E-state index in [0.29, 0.717) is 29.5 Å². The number of nitrogens with two attached hydrogens (primary N) is 1. The lowest BCUT2D eigenvalue weighted by molar-refractivity contribution is -0.116. The van der Waals surface area contributed by atoms with Crippen molar-refractivity contribution in [2.24, 2.45) is 0 Å². The summed E-state index contributed by atoms with van der Waals surface area (Å²) in [7, 11) is 1.58. The first kappa shape index (κ1) is 14.7. The van der Waals surface area contributed by atoms with Gasteiger partial charge in [-0.15, -0.1) is 0 Å². The van der Waals surface area contributed by atoms with Crippen molar-refractivity contribution in [1.82, 2.24) is 0 Å². The molecule has 0 unspecified atom stereocenters. The molecule has 2 rings (SSSR count). The molecular weight excluding hydrogens is 268 g/mol. The second kappa shape index (κ2) is 7.19. The van der Waals surface area contributed by atoms with Crippen LogP contribution in [0.5, 0.6) is 11.5 Å². The van der Waals surface area contributed by atoms with Gasteiger partial charge in [-0.2, -0.15) is 0 Å². The highest BCUT2D eigenvalue weighted by Gasteiger charge is 2.04. The predicted octanol–water partition coefficient (Wildman–Crippen LogP) is 2.69. The number of carbonyl (C=O) groups excluding carboxylic acids is 1. The van der Waals surface area contributed by atoms with Crippen LogP contribution in [0.4, 0.5) is 11.4 Å². The molecule has 2 aromatic rings. The number of nitrogen functional groups attached to an aromatic ring is 1. The summed E-state index contributed by atoms with van der Waals surface area (Å²) >= 11 is 0. The lowest BCUT2D eigenvalue weighted by Gasteiger charge is -2.08. The number of methoxy groups -OCH3 is 1. The Labute approximate surface area is 123 Å². The zero-order valence-corrected chi connectivity index (χ0v) is 11.8. The maximum absolute atomic E-state index is 11.8. The van der Waals surface area contributed by atoms with Crippen molar-refractivity contribution in [1.29, 1.82) is 0 Å². The molecule has 0 saturated heterocycles. The van der Waals surface area contributed by atoms with Gasteiger partial charge in [-0.3, -0.25) is 4.79 Å². The first-order chi connectivity index (χ1) is 10.2. The van der Waals surface area contributed by atoms with E-state index in [2.05, 4.69) is 5.32 Å². The van der Waals surface area contributed by atoms with Gasteiger partial charge in [-0.05, 0) is 36.4 Å². The molecule has 0 aromatic heterocycles. The van der Waals surface area contributed by atoms with Crippen LogP contribution in [0.1, 0.15) is 6.42 Å². The van der Waals surface area contributed by atoms with E-state index in [-0.39, 0.29) is 12.3 Å². The van der Waals surface area contributed by atoms with E-state index in [1.54, 1.807) is 43.5 Å². The number of hydrogen-bond acceptors (Lipinski definition) is 4. The highest BCUT2D eigenvalue weighted by Crippen LogP contribution is 2.17. The van der Waals surface area contributed by atoms with Crippen LogP contribution in [-0.4, -0.2) is 19.6 Å². The van der Waals surface area contributed by atoms with Crippen molar-refractivity contribution < 1.29 is 14.3 Å². The van der Waals surface area contributed by atoms with Crippen LogP contribution in [0.15, 0.2) is 48.5 Å². The first-order valence-corrected chi connectivity index (χ1v) is 6.59. The minimum Gasteiger partial charge on any atom is -0.497 e. The molecule has 21 heavy (non-hydrogen) atoms. The van der Waals surface area contributed by atoms with Crippen LogP contribution in [-0.2, 0) is 4.79 Å². The molecule has 0 fully saturated rings. The van der Waals surface area contributed by atoms with Crippen LogP contribution in [0, 0.1) is 0 Å². The molecule has 5 heteroatoms. The van der Waals surface area contributed by atoms with E-state index in [4.69, 9.17) is 15.2 Å². The summed E-state index contributed by atoms with van der Waals surface area (Å²) in [5.41, 5.74) is 6.96. The van der Waals surface area contributed by atoms with Crippen molar-refractivity contribution >= 4 is 17.3 Å². The van der Waals surface area contributed by atoms with E-state index >= 15 is 0 Å². The van der Waals surface area contributed by atoms with Gasteiger partial charge in [0.1, 0.15) is 11.5 Å². The van der Waals surface area contributed by atoms with E-state index in [1.165, 1.54) is 0 Å². The minimum atomic E-state index is -0.112. The number of ether oxygens (including phenoxy) is 2. The summed E-state index contributed by atoms with van der Waals surface area (Å²) in [4.78, 5) is 11.8. The van der Waals surface area contributed by atoms with Gasteiger partial charge in [-0.1, -0.05) is 6.07 Å². The average Bonchev–Trinajstić information content (AvgIpc) is 2.49. The Morgan fingerprint density at radius 1 is 1.14 bits per heavy atom. The molecule has 0 bridgehead atoms. The molecule has 0 aliphatic carbocycles. The molecule has 0 heterocycles. The summed E-state index contributed by atoms with van der Waals surface area (Å²) in [5.74, 6) is 1.28. The van der Waals surface area contributed by atoms with Gasteiger partial charge in [0.25, 0.3) is 0 Å². The SMILES string of the molecule is COc1cccc(NC(=O)CCOc2ccc(N)cc2)c1. The van der Waals surface area contributed by atoms with Crippen molar-refractivity contribution in [3.05, 3.63) is 48.5 Å². The quantitative estimate of drug-likeness (QED) is 0.801. The number of carbonyl (C=O) groups is 1. The zero-order valence-electron chi connectivity index (χ0n) is 11.8. The van der Waals surface area contributed by atoms with Crippen LogP contribution < -0.4 is 20.5 Å². The molecule has 0 spiro atoms. The summed E-state index contributed by atoms with van der Waals surface area (Å²) in [5, 5.41) is 2.79. The Kier molecular flexibility index (Phi) is 5.04. The molecule has 0 atom stereocenters. The molecule has 0 radical (unpaired) electrons. The highest BCUT2D eigenvalue weighted by atomic mass is 16.5. The standard InChI is InChI=1S/C16H18N2O3/c1-20-15-4-2-3-13(11-15)18-16(19)9-10-21-14-7-5-12(17)6-8-14/h2-8,11H,9-10,17H2,1H3,(H,18,19). The van der Waals surface area contributed by atoms with Crippen LogP contribution in [0.25, 0.3) is 0 Å². The number of anilines is 2. The number of nitrogens with one attached hydrogen (secondary N) is 1. The first-order valence-electron chi connectivity index (χ1n) is 6.59. The Morgan fingerprint density at radius 2 is 1.90 bits per heavy atom. The van der Waals surface area contributed by atoms with Gasteiger partial charge in [0.05, 0.1) is 20.1 Å². The lowest BCUT2D eigenvalue weighted by Crippen LogP contribution is -2.15. The van der Waals surface area contributed by atoms with Crippen molar-refractivity contribution in [2.75, 3.05) is 24.8 Å². The van der Waals surface area contributed by atoms with Crippen molar-refractivity contribution in [2.45, 2.75) is 6.42 Å². The van der Waals surface area contributed by atoms with E-state index < -0.39 is 0 Å². The van der Waals surface area contributed by atoms with Gasteiger partial charge >= 0.3 is 0 Å². The fraction of sp³-hybridized carbons (Fsp3) is 0.188. The molecule has 3 N–H and O–H groups in total. The maximum Gasteiger partial charge on any atom is 0.227 e. The van der Waals surface area contributed by atoms with Gasteiger partial charge in [0.15, 0.2) is 0 Å². The average molecular weight is 286 g/mol. The van der Waals surface area contributed by atoms with Crippen LogP contribution in [0.3, 0.4) is 0 Å². The molecule has 1 amide bonds. The Morgan fingerprint density at radius 3 is 2.62 bits per heavy atom. The summed E-state index contributed by atoms with van der Waals surface area (Å²) in [6.07, 6.45) is 0.265. The fourth-order valence-electron chi connectivity index (χ4n) is 1.75. The van der Waals surface area contributed by atoms with Crippen molar-refractivity contribution in [3.8, 4) is 11.5 Å². The van der Waals surface area contributed by atoms with Gasteiger partial charge < -0.3 is 20.5 Å². The summed E-state index contributed by atoms with van der Waals surface area (Å²) in [6, 6.07) is 14.3. The number of benzene rings is 2. The third kappa shape index (κ3) is 4.72. The van der Waals surface area contributed by atoms with Crippen LogP contribution >= 0.6 is 0 Å². The third-order valence-corrected chi connectivity index (χ3v) is 2.83. The van der Waals surface area contributed by atoms with E-state index in [9.17, 15) is 4.79 Å². The number of rotatable bonds is 6. The zero-order chi connectivity index (χ0) is 15.1. The molecule has 0 aliphatic heterocycles. The Bertz CT molecular complexity index is 597. The monoisotopic (exact) mass is 286 g/mol. The predicted molar refractivity (Wildman–Crippen MR) is 82.6 cm³/mol. The van der Waals surface area contributed by atoms with Crippen molar-refractivity contribution in [3.63, 3.8) is 0 Å². The highest BCUT2D eigenvalue weighted by molar-refractivity contribution is 5.90. The van der Waals surface area contributed by atoms with Gasteiger partial charge in [0, 0.05) is 17.4 Å². The smallest absolute Gasteiger partial charge is 0.227 e. The van der Waals surface area contributed by atoms with E-state index in [0.717, 1.165) is 0 Å². The second-order valence-corrected chi connectivity index (χ2v) is 4.45. The molecule has 0 saturated carbocycles. The second-order valence-electron chi connectivity index (χ2n) is 4.45. The van der Waals surface area contributed by atoms with Crippen LogP contribution in [0.2, 0.25) is 0 Å². The summed E-state index contributed by atoms with van der Waals surface area (Å²) < 4.78 is 10.6. The summed E-state index contributed by atoms with van der Waals surface area (Å²) in [6.45, 7) is 0.305.